The van der Waals surface area contributed by atoms with E-state index in [1.165, 1.54) is 0 Å². The summed E-state index contributed by atoms with van der Waals surface area (Å²) in [5, 5.41) is 0. The molecule has 0 N–H and O–H groups in total. The minimum absolute atomic E-state index is 0.181. The monoisotopic (exact) mass is 393 g/mol. The highest BCUT2D eigenvalue weighted by Crippen LogP contribution is 2.37. The van der Waals surface area contributed by atoms with Crippen LogP contribution in [-0.4, -0.2) is 52.4 Å². The molecule has 5 nitrogen and oxygen atoms in total. The van der Waals surface area contributed by atoms with E-state index in [1.807, 2.05) is 22.4 Å². The van der Waals surface area contributed by atoms with Gasteiger partial charge in [0.2, 0.25) is 0 Å². The van der Waals surface area contributed by atoms with E-state index in [0.29, 0.717) is 31.2 Å². The van der Waals surface area contributed by atoms with Crippen LogP contribution in [0.1, 0.15) is 61.1 Å². The molecule has 2 aromatic heterocycles. The van der Waals surface area contributed by atoms with Gasteiger partial charge in [-0.1, -0.05) is 6.92 Å². The van der Waals surface area contributed by atoms with Crippen molar-refractivity contribution >= 4 is 11.5 Å². The molecule has 1 fully saturated rings. The summed E-state index contributed by atoms with van der Waals surface area (Å²) < 4.78 is 33.9. The maximum atomic E-state index is 13.3. The summed E-state index contributed by atoms with van der Waals surface area (Å²) in [6, 6.07) is 0. The first-order chi connectivity index (χ1) is 13.2. The first-order valence-electron chi connectivity index (χ1n) is 9.94. The highest BCUT2D eigenvalue weighted by molar-refractivity contribution is 5.99. The number of ether oxygens (including phenoxy) is 1. The number of carbonyl (C=O) groups is 1. The Kier molecular flexibility index (Phi) is 6.03. The van der Waals surface area contributed by atoms with Crippen LogP contribution in [0.2, 0.25) is 0 Å². The number of alkyl halides is 2. The van der Waals surface area contributed by atoms with E-state index in [-0.39, 0.29) is 18.4 Å². The second kappa shape index (κ2) is 8.15. The predicted molar refractivity (Wildman–Crippen MR) is 104 cm³/mol. The van der Waals surface area contributed by atoms with Gasteiger partial charge in [-0.3, -0.25) is 9.88 Å². The summed E-state index contributed by atoms with van der Waals surface area (Å²) in [5.74, 6) is -2.41. The molecule has 0 saturated carbocycles. The summed E-state index contributed by atoms with van der Waals surface area (Å²) >= 11 is 0. The van der Waals surface area contributed by atoms with Crippen molar-refractivity contribution in [3.8, 4) is 0 Å². The van der Waals surface area contributed by atoms with Crippen molar-refractivity contribution in [1.82, 2.24) is 14.3 Å². The lowest BCUT2D eigenvalue weighted by Gasteiger charge is -2.36. The Labute approximate surface area is 164 Å². The number of hydrogen-bond acceptors (Lipinski definition) is 4. The molecule has 7 heteroatoms. The molecule has 1 aliphatic rings. The third kappa shape index (κ3) is 4.19. The summed E-state index contributed by atoms with van der Waals surface area (Å²) in [6.45, 7) is 8.38. The fourth-order valence-corrected chi connectivity index (χ4v) is 4.51. The molecule has 0 amide bonds. The predicted octanol–water partition coefficient (Wildman–Crippen LogP) is 4.29. The fraction of sp³-hybridized carbons (Fsp3) is 0.619. The molecule has 0 aliphatic carbocycles. The topological polar surface area (TPSA) is 46.8 Å². The third-order valence-electron chi connectivity index (χ3n) is 5.78. The van der Waals surface area contributed by atoms with E-state index < -0.39 is 5.92 Å². The van der Waals surface area contributed by atoms with Crippen LogP contribution in [0.25, 0.3) is 5.52 Å². The van der Waals surface area contributed by atoms with Gasteiger partial charge < -0.3 is 9.14 Å². The molecule has 1 unspecified atom stereocenters. The van der Waals surface area contributed by atoms with Crippen molar-refractivity contribution in [3.05, 3.63) is 35.4 Å². The molecule has 28 heavy (non-hydrogen) atoms. The molecule has 2 aromatic rings. The van der Waals surface area contributed by atoms with E-state index in [4.69, 9.17) is 4.74 Å². The van der Waals surface area contributed by atoms with Gasteiger partial charge in [0.15, 0.2) is 0 Å². The van der Waals surface area contributed by atoms with Crippen LogP contribution in [0.15, 0.2) is 18.6 Å². The average molecular weight is 393 g/mol. The number of nitrogens with zero attached hydrogens (tertiary/aromatic N) is 3. The van der Waals surface area contributed by atoms with Gasteiger partial charge in [0.25, 0.3) is 5.92 Å². The molecule has 3 heterocycles. The Hall–Kier alpha value is -2.02. The van der Waals surface area contributed by atoms with Crippen LogP contribution in [0, 0.1) is 12.8 Å². The Morgan fingerprint density at radius 3 is 2.68 bits per heavy atom. The van der Waals surface area contributed by atoms with Gasteiger partial charge in [0.1, 0.15) is 0 Å². The van der Waals surface area contributed by atoms with Crippen molar-refractivity contribution in [2.45, 2.75) is 52.4 Å². The number of rotatable bonds is 6. The molecule has 1 atom stereocenters. The third-order valence-corrected chi connectivity index (χ3v) is 5.78. The number of likely N-dealkylation sites (tertiary alicyclic amines) is 1. The van der Waals surface area contributed by atoms with Crippen molar-refractivity contribution in [2.24, 2.45) is 5.92 Å². The Morgan fingerprint density at radius 2 is 2.07 bits per heavy atom. The summed E-state index contributed by atoms with van der Waals surface area (Å²) in [6.07, 6.45) is 7.02. The zero-order valence-electron chi connectivity index (χ0n) is 17.0. The van der Waals surface area contributed by atoms with Crippen LogP contribution >= 0.6 is 0 Å². The lowest BCUT2D eigenvalue weighted by Crippen LogP contribution is -2.41. The Balaban J connectivity index is 1.86. The van der Waals surface area contributed by atoms with Crippen LogP contribution in [-0.2, 0) is 4.74 Å². The maximum absolute atomic E-state index is 13.3. The molecule has 0 aromatic carbocycles. The van der Waals surface area contributed by atoms with Gasteiger partial charge in [-0.25, -0.2) is 13.6 Å². The fourth-order valence-electron chi connectivity index (χ4n) is 4.51. The van der Waals surface area contributed by atoms with Crippen molar-refractivity contribution in [3.63, 3.8) is 0 Å². The standard InChI is InChI=1S/C21H29F2N3O2/c1-5-28-20(27)18-15(3)19(26-11-8-24-12-17(18)26)14(2)16-6-9-25(10-7-16)13-21(4,22)23/h8,11-12,14,16H,5-7,9-10,13H2,1-4H3. The number of esters is 1. The summed E-state index contributed by atoms with van der Waals surface area (Å²) in [5.41, 5.74) is 3.32. The van der Waals surface area contributed by atoms with E-state index in [0.717, 1.165) is 36.5 Å². The van der Waals surface area contributed by atoms with Gasteiger partial charge in [-0.2, -0.15) is 0 Å². The highest BCUT2D eigenvalue weighted by atomic mass is 19.3. The van der Waals surface area contributed by atoms with E-state index in [9.17, 15) is 13.6 Å². The van der Waals surface area contributed by atoms with E-state index in [2.05, 4.69) is 11.9 Å². The zero-order valence-corrected chi connectivity index (χ0v) is 17.0. The first kappa shape index (κ1) is 20.7. The van der Waals surface area contributed by atoms with Gasteiger partial charge in [0.05, 0.1) is 30.4 Å². The van der Waals surface area contributed by atoms with Crippen LogP contribution < -0.4 is 0 Å². The second-order valence-electron chi connectivity index (χ2n) is 7.91. The average Bonchev–Trinajstić information content (AvgIpc) is 2.92. The van der Waals surface area contributed by atoms with Gasteiger partial charge in [-0.05, 0) is 57.2 Å². The first-order valence-corrected chi connectivity index (χ1v) is 9.94. The number of halogens is 2. The summed E-state index contributed by atoms with van der Waals surface area (Å²) in [7, 11) is 0. The molecule has 1 aliphatic heterocycles. The minimum atomic E-state index is -2.66. The van der Waals surface area contributed by atoms with Crippen molar-refractivity contribution < 1.29 is 18.3 Å². The number of fused-ring (bicyclic) bond motifs is 1. The molecule has 3 rings (SSSR count). The van der Waals surface area contributed by atoms with Crippen molar-refractivity contribution in [2.75, 3.05) is 26.2 Å². The molecule has 0 spiro atoms. The smallest absolute Gasteiger partial charge is 0.340 e. The summed E-state index contributed by atoms with van der Waals surface area (Å²) in [4.78, 5) is 18.6. The lowest BCUT2D eigenvalue weighted by molar-refractivity contribution is -0.0231. The molecule has 1 saturated heterocycles. The van der Waals surface area contributed by atoms with Gasteiger partial charge in [0, 0.05) is 25.0 Å². The molecule has 0 bridgehead atoms. The van der Waals surface area contributed by atoms with Crippen LogP contribution in [0.5, 0.6) is 0 Å². The number of piperidine rings is 1. The van der Waals surface area contributed by atoms with Gasteiger partial charge in [-0.15, -0.1) is 0 Å². The quantitative estimate of drug-likeness (QED) is 0.687. The number of carbonyl (C=O) groups excluding carboxylic acids is 1. The molecular weight excluding hydrogens is 364 g/mol. The van der Waals surface area contributed by atoms with Crippen molar-refractivity contribution in [1.29, 1.82) is 0 Å². The lowest BCUT2D eigenvalue weighted by atomic mass is 9.82. The maximum Gasteiger partial charge on any atom is 0.340 e. The van der Waals surface area contributed by atoms with Gasteiger partial charge >= 0.3 is 5.97 Å². The molecule has 154 valence electrons. The second-order valence-corrected chi connectivity index (χ2v) is 7.91. The number of hydrogen-bond donors (Lipinski definition) is 0. The van der Waals surface area contributed by atoms with E-state index >= 15 is 0 Å². The number of aromatic nitrogens is 2. The SMILES string of the molecule is CCOC(=O)c1c(C)c(C(C)C2CCN(CC(C)(F)F)CC2)n2ccncc12. The van der Waals surface area contributed by atoms with E-state index in [1.54, 1.807) is 19.3 Å². The normalized spacial score (nSPS) is 17.8. The highest BCUT2D eigenvalue weighted by Gasteiger charge is 2.33. The molecular formula is C21H29F2N3O2. The zero-order chi connectivity index (χ0) is 20.5. The van der Waals surface area contributed by atoms with Crippen LogP contribution in [0.3, 0.4) is 0 Å². The minimum Gasteiger partial charge on any atom is -0.462 e. The Bertz CT molecular complexity index is 836. The Morgan fingerprint density at radius 1 is 1.39 bits per heavy atom. The largest absolute Gasteiger partial charge is 0.462 e. The molecule has 0 radical (unpaired) electrons. The van der Waals surface area contributed by atoms with Crippen LogP contribution in [0.4, 0.5) is 8.78 Å².